The highest BCUT2D eigenvalue weighted by Crippen LogP contribution is 2.24. The molecule has 1 amide bonds. The molecule has 3 N–H and O–H groups in total. The van der Waals surface area contributed by atoms with E-state index >= 15 is 0 Å². The molecule has 0 fully saturated rings. The molecular weight excluding hydrogens is 254 g/mol. The Balaban J connectivity index is 1.89. The van der Waals surface area contributed by atoms with Crippen LogP contribution in [0.15, 0.2) is 42.5 Å². The van der Waals surface area contributed by atoms with E-state index in [2.05, 4.69) is 5.32 Å². The normalized spacial score (nSPS) is 10.2. The van der Waals surface area contributed by atoms with Gasteiger partial charge in [-0.25, -0.2) is 0 Å². The van der Waals surface area contributed by atoms with Gasteiger partial charge in [0.1, 0.15) is 0 Å². The molecule has 2 aromatic carbocycles. The Morgan fingerprint density at radius 1 is 1.00 bits per heavy atom. The average Bonchev–Trinajstić information content (AvgIpc) is 2.42. The van der Waals surface area contributed by atoms with Crippen molar-refractivity contribution in [3.05, 3.63) is 59.2 Å². The summed E-state index contributed by atoms with van der Waals surface area (Å²) in [5.41, 5.74) is 2.87. The van der Waals surface area contributed by atoms with E-state index in [4.69, 9.17) is 0 Å². The monoisotopic (exact) mass is 271 g/mol. The number of aryl methyl sites for hydroxylation is 1. The summed E-state index contributed by atoms with van der Waals surface area (Å²) in [5, 5.41) is 21.4. The Morgan fingerprint density at radius 3 is 2.30 bits per heavy atom. The van der Waals surface area contributed by atoms with Crippen LogP contribution in [0.2, 0.25) is 0 Å². The molecule has 0 atom stereocenters. The minimum Gasteiger partial charge on any atom is -0.504 e. The van der Waals surface area contributed by atoms with E-state index < -0.39 is 0 Å². The molecule has 2 rings (SSSR count). The molecule has 2 aromatic rings. The minimum atomic E-state index is -0.214. The molecule has 0 aliphatic heterocycles. The number of phenols is 2. The summed E-state index contributed by atoms with van der Waals surface area (Å²) in [4.78, 5) is 11.8. The molecule has 0 saturated carbocycles. The lowest BCUT2D eigenvalue weighted by Gasteiger charge is -2.07. The van der Waals surface area contributed by atoms with Crippen LogP contribution in [-0.4, -0.2) is 16.1 Å². The average molecular weight is 271 g/mol. The minimum absolute atomic E-state index is 0.129. The molecule has 0 bridgehead atoms. The SMILES string of the molecule is Cc1ccc(CNC(=O)Cc2ccc(O)c(O)c2)cc1. The largest absolute Gasteiger partial charge is 0.504 e. The molecule has 0 aliphatic rings. The number of carbonyl (C=O) groups is 1. The first kappa shape index (κ1) is 13.9. The molecule has 0 heterocycles. The van der Waals surface area contributed by atoms with Crippen molar-refractivity contribution in [1.29, 1.82) is 0 Å². The summed E-state index contributed by atoms with van der Waals surface area (Å²) in [7, 11) is 0. The van der Waals surface area contributed by atoms with Gasteiger partial charge in [-0.1, -0.05) is 35.9 Å². The van der Waals surface area contributed by atoms with E-state index in [1.165, 1.54) is 17.7 Å². The van der Waals surface area contributed by atoms with Gasteiger partial charge in [-0.15, -0.1) is 0 Å². The van der Waals surface area contributed by atoms with Gasteiger partial charge in [-0.2, -0.15) is 0 Å². The summed E-state index contributed by atoms with van der Waals surface area (Å²) in [6.45, 7) is 2.49. The first-order valence-corrected chi connectivity index (χ1v) is 6.37. The predicted octanol–water partition coefficient (Wildman–Crippen LogP) is 2.27. The van der Waals surface area contributed by atoms with Gasteiger partial charge in [0, 0.05) is 6.54 Å². The number of amides is 1. The highest BCUT2D eigenvalue weighted by molar-refractivity contribution is 5.78. The number of phenolic OH excluding ortho intramolecular Hbond substituents is 2. The lowest BCUT2D eigenvalue weighted by Crippen LogP contribution is -2.24. The van der Waals surface area contributed by atoms with Gasteiger partial charge in [-0.3, -0.25) is 4.79 Å². The van der Waals surface area contributed by atoms with E-state index in [1.54, 1.807) is 6.07 Å². The van der Waals surface area contributed by atoms with Crippen molar-refractivity contribution in [3.63, 3.8) is 0 Å². The van der Waals surface area contributed by atoms with E-state index in [0.717, 1.165) is 5.56 Å². The van der Waals surface area contributed by atoms with E-state index in [9.17, 15) is 15.0 Å². The third kappa shape index (κ3) is 3.75. The topological polar surface area (TPSA) is 69.6 Å². The van der Waals surface area contributed by atoms with E-state index in [1.807, 2.05) is 31.2 Å². The Labute approximate surface area is 117 Å². The number of rotatable bonds is 4. The highest BCUT2D eigenvalue weighted by atomic mass is 16.3. The Hall–Kier alpha value is -2.49. The van der Waals surface area contributed by atoms with Crippen molar-refractivity contribution in [2.45, 2.75) is 19.9 Å². The summed E-state index contributed by atoms with van der Waals surface area (Å²) in [6, 6.07) is 12.3. The first-order chi connectivity index (χ1) is 9.54. The molecular formula is C16H17NO3. The second-order valence-corrected chi connectivity index (χ2v) is 4.76. The predicted molar refractivity (Wildman–Crippen MR) is 76.5 cm³/mol. The quantitative estimate of drug-likeness (QED) is 0.747. The van der Waals surface area contributed by atoms with Crippen LogP contribution in [0.25, 0.3) is 0 Å². The number of carbonyl (C=O) groups excluding carboxylic acids is 1. The van der Waals surface area contributed by atoms with Crippen molar-refractivity contribution in [3.8, 4) is 11.5 Å². The van der Waals surface area contributed by atoms with Crippen LogP contribution in [0.1, 0.15) is 16.7 Å². The zero-order chi connectivity index (χ0) is 14.5. The zero-order valence-electron chi connectivity index (χ0n) is 11.3. The molecule has 0 spiro atoms. The van der Waals surface area contributed by atoms with Crippen molar-refractivity contribution < 1.29 is 15.0 Å². The van der Waals surface area contributed by atoms with Gasteiger partial charge in [0.2, 0.25) is 5.91 Å². The maximum absolute atomic E-state index is 11.8. The van der Waals surface area contributed by atoms with Crippen LogP contribution in [-0.2, 0) is 17.8 Å². The smallest absolute Gasteiger partial charge is 0.224 e. The molecule has 0 saturated heterocycles. The van der Waals surface area contributed by atoms with Gasteiger partial charge in [-0.05, 0) is 30.2 Å². The van der Waals surface area contributed by atoms with Gasteiger partial charge in [0.15, 0.2) is 11.5 Å². The van der Waals surface area contributed by atoms with Crippen LogP contribution in [0.3, 0.4) is 0 Å². The number of aromatic hydroxyl groups is 2. The lowest BCUT2D eigenvalue weighted by molar-refractivity contribution is -0.120. The van der Waals surface area contributed by atoms with Gasteiger partial charge in [0.25, 0.3) is 0 Å². The number of nitrogens with one attached hydrogen (secondary N) is 1. The highest BCUT2D eigenvalue weighted by Gasteiger charge is 2.06. The Morgan fingerprint density at radius 2 is 1.65 bits per heavy atom. The fourth-order valence-electron chi connectivity index (χ4n) is 1.83. The van der Waals surface area contributed by atoms with Crippen LogP contribution in [0.5, 0.6) is 11.5 Å². The van der Waals surface area contributed by atoms with Crippen molar-refractivity contribution in [1.82, 2.24) is 5.32 Å². The summed E-state index contributed by atoms with van der Waals surface area (Å²) >= 11 is 0. The summed E-state index contributed by atoms with van der Waals surface area (Å²) in [6.07, 6.45) is 0.166. The van der Waals surface area contributed by atoms with Crippen LogP contribution in [0.4, 0.5) is 0 Å². The van der Waals surface area contributed by atoms with Gasteiger partial charge >= 0.3 is 0 Å². The Kier molecular flexibility index (Phi) is 4.25. The van der Waals surface area contributed by atoms with Crippen LogP contribution in [0, 0.1) is 6.92 Å². The number of benzene rings is 2. The lowest BCUT2D eigenvalue weighted by atomic mass is 10.1. The number of hydrogen-bond acceptors (Lipinski definition) is 3. The molecule has 4 heteroatoms. The van der Waals surface area contributed by atoms with Gasteiger partial charge in [0.05, 0.1) is 6.42 Å². The standard InChI is InChI=1S/C16H17NO3/c1-11-2-4-12(5-3-11)10-17-16(20)9-13-6-7-14(18)15(19)8-13/h2-8,18-19H,9-10H2,1H3,(H,17,20). The fraction of sp³-hybridized carbons (Fsp3) is 0.188. The summed E-state index contributed by atoms with van der Waals surface area (Å²) < 4.78 is 0. The van der Waals surface area contributed by atoms with Crippen LogP contribution < -0.4 is 5.32 Å². The molecule has 0 aliphatic carbocycles. The molecule has 20 heavy (non-hydrogen) atoms. The molecule has 4 nitrogen and oxygen atoms in total. The third-order valence-corrected chi connectivity index (χ3v) is 3.01. The first-order valence-electron chi connectivity index (χ1n) is 6.37. The zero-order valence-corrected chi connectivity index (χ0v) is 11.3. The Bertz CT molecular complexity index is 606. The molecule has 0 aromatic heterocycles. The summed E-state index contributed by atoms with van der Waals surface area (Å²) in [5.74, 6) is -0.529. The van der Waals surface area contributed by atoms with Gasteiger partial charge < -0.3 is 15.5 Å². The number of hydrogen-bond donors (Lipinski definition) is 3. The second-order valence-electron chi connectivity index (χ2n) is 4.76. The third-order valence-electron chi connectivity index (χ3n) is 3.01. The maximum atomic E-state index is 11.8. The molecule has 104 valence electrons. The van der Waals surface area contributed by atoms with E-state index in [0.29, 0.717) is 12.1 Å². The van der Waals surface area contributed by atoms with Crippen LogP contribution >= 0.6 is 0 Å². The molecule has 0 radical (unpaired) electrons. The van der Waals surface area contributed by atoms with Crippen molar-refractivity contribution >= 4 is 5.91 Å². The van der Waals surface area contributed by atoms with E-state index in [-0.39, 0.29) is 23.8 Å². The van der Waals surface area contributed by atoms with Crippen molar-refractivity contribution in [2.24, 2.45) is 0 Å². The maximum Gasteiger partial charge on any atom is 0.224 e. The van der Waals surface area contributed by atoms with Crippen molar-refractivity contribution in [2.75, 3.05) is 0 Å². The molecule has 0 unspecified atom stereocenters. The fourth-order valence-corrected chi connectivity index (χ4v) is 1.83. The second kappa shape index (κ2) is 6.10.